The van der Waals surface area contributed by atoms with E-state index in [4.69, 9.17) is 4.74 Å². The number of nitrogens with zero attached hydrogens (tertiary/aromatic N) is 3. The molecule has 0 saturated heterocycles. The van der Waals surface area contributed by atoms with Crippen molar-refractivity contribution in [2.75, 3.05) is 5.32 Å². The van der Waals surface area contributed by atoms with Crippen LogP contribution in [0.15, 0.2) is 55.0 Å². The van der Waals surface area contributed by atoms with Crippen LogP contribution in [0.1, 0.15) is 17.3 Å². The van der Waals surface area contributed by atoms with Gasteiger partial charge in [-0.15, -0.1) is 0 Å². The molecule has 7 nitrogen and oxygen atoms in total. The molecule has 122 valence electrons. The summed E-state index contributed by atoms with van der Waals surface area (Å²) in [6.45, 7) is 1.43. The highest BCUT2D eigenvalue weighted by Crippen LogP contribution is 2.20. The van der Waals surface area contributed by atoms with Crippen LogP contribution in [-0.4, -0.2) is 26.2 Å². The third kappa shape index (κ3) is 3.19. The maximum absolute atomic E-state index is 12.4. The number of aryl methyl sites for hydroxylation is 1. The van der Waals surface area contributed by atoms with Crippen LogP contribution in [-0.2, 0) is 11.8 Å². The molecule has 0 radical (unpaired) electrons. The number of nitrogens with one attached hydrogen (secondary N) is 1. The van der Waals surface area contributed by atoms with Gasteiger partial charge in [-0.25, -0.2) is 4.79 Å². The zero-order valence-corrected chi connectivity index (χ0v) is 13.3. The summed E-state index contributed by atoms with van der Waals surface area (Å²) in [5, 5.41) is 6.78. The van der Waals surface area contributed by atoms with Gasteiger partial charge in [-0.3, -0.25) is 9.48 Å². The van der Waals surface area contributed by atoms with Gasteiger partial charge in [0.1, 0.15) is 17.1 Å². The van der Waals surface area contributed by atoms with Crippen LogP contribution in [0, 0.1) is 0 Å². The minimum Gasteiger partial charge on any atom is -0.423 e. The van der Waals surface area contributed by atoms with Crippen molar-refractivity contribution in [2.24, 2.45) is 7.05 Å². The zero-order valence-electron chi connectivity index (χ0n) is 13.3. The minimum absolute atomic E-state index is 0.161. The van der Waals surface area contributed by atoms with E-state index in [1.165, 1.54) is 13.1 Å². The number of hydrogen-bond donors (Lipinski definition) is 1. The van der Waals surface area contributed by atoms with Crippen LogP contribution in [0.5, 0.6) is 5.75 Å². The standard InChI is InChI=1S/C17H16N4O3/c1-12(22)19-13-5-7-14(8-6-13)24-17(23)15-11-18-20(2)16(15)21-9-3-4-10-21/h3-11H,1-2H3,(H,19,22). The van der Waals surface area contributed by atoms with Crippen LogP contribution >= 0.6 is 0 Å². The molecule has 1 N–H and O–H groups in total. The van der Waals surface area contributed by atoms with E-state index in [2.05, 4.69) is 10.4 Å². The Morgan fingerprint density at radius 1 is 1.12 bits per heavy atom. The lowest BCUT2D eigenvalue weighted by atomic mass is 10.3. The number of hydrogen-bond acceptors (Lipinski definition) is 4. The average Bonchev–Trinajstić information content (AvgIpc) is 3.17. The van der Waals surface area contributed by atoms with Crippen molar-refractivity contribution in [3.63, 3.8) is 0 Å². The van der Waals surface area contributed by atoms with Gasteiger partial charge in [0.15, 0.2) is 0 Å². The lowest BCUT2D eigenvalue weighted by Gasteiger charge is -2.08. The molecule has 2 heterocycles. The number of esters is 1. The third-order valence-corrected chi connectivity index (χ3v) is 3.36. The molecule has 0 spiro atoms. The molecule has 0 saturated carbocycles. The van der Waals surface area contributed by atoms with Gasteiger partial charge in [-0.2, -0.15) is 5.10 Å². The quantitative estimate of drug-likeness (QED) is 0.590. The van der Waals surface area contributed by atoms with E-state index in [0.29, 0.717) is 22.8 Å². The van der Waals surface area contributed by atoms with Crippen LogP contribution in [0.25, 0.3) is 5.82 Å². The molecule has 0 aliphatic rings. The number of benzene rings is 1. The first kappa shape index (κ1) is 15.5. The van der Waals surface area contributed by atoms with Crippen LogP contribution in [0.4, 0.5) is 5.69 Å². The second kappa shape index (κ2) is 6.41. The van der Waals surface area contributed by atoms with E-state index in [9.17, 15) is 9.59 Å². The fraction of sp³-hybridized carbons (Fsp3) is 0.118. The van der Waals surface area contributed by atoms with Crippen molar-refractivity contribution in [1.82, 2.24) is 14.3 Å². The monoisotopic (exact) mass is 324 g/mol. The smallest absolute Gasteiger partial charge is 0.348 e. The normalized spacial score (nSPS) is 10.4. The Morgan fingerprint density at radius 3 is 2.42 bits per heavy atom. The van der Waals surface area contributed by atoms with Gasteiger partial charge in [0, 0.05) is 32.1 Å². The molecule has 0 aliphatic heterocycles. The van der Waals surface area contributed by atoms with Gasteiger partial charge < -0.3 is 14.6 Å². The molecule has 0 fully saturated rings. The summed E-state index contributed by atoms with van der Waals surface area (Å²) in [6.07, 6.45) is 5.13. The Morgan fingerprint density at radius 2 is 1.79 bits per heavy atom. The highest BCUT2D eigenvalue weighted by molar-refractivity contribution is 5.94. The Hall–Kier alpha value is -3.35. The van der Waals surface area contributed by atoms with Crippen molar-refractivity contribution >= 4 is 17.6 Å². The van der Waals surface area contributed by atoms with Crippen LogP contribution < -0.4 is 10.1 Å². The summed E-state index contributed by atoms with van der Waals surface area (Å²) >= 11 is 0. The summed E-state index contributed by atoms with van der Waals surface area (Å²) in [6, 6.07) is 10.3. The van der Waals surface area contributed by atoms with Crippen molar-refractivity contribution in [1.29, 1.82) is 0 Å². The van der Waals surface area contributed by atoms with E-state index < -0.39 is 5.97 Å². The molecule has 2 aromatic heterocycles. The maximum Gasteiger partial charge on any atom is 0.348 e. The largest absolute Gasteiger partial charge is 0.423 e. The Kier molecular flexibility index (Phi) is 4.15. The highest BCUT2D eigenvalue weighted by atomic mass is 16.5. The lowest BCUT2D eigenvalue weighted by molar-refractivity contribution is -0.114. The van der Waals surface area contributed by atoms with Crippen molar-refractivity contribution < 1.29 is 14.3 Å². The van der Waals surface area contributed by atoms with Gasteiger partial charge in [-0.05, 0) is 36.4 Å². The van der Waals surface area contributed by atoms with Crippen molar-refractivity contribution in [3.8, 4) is 11.6 Å². The maximum atomic E-state index is 12.4. The van der Waals surface area contributed by atoms with Crippen LogP contribution in [0.3, 0.4) is 0 Å². The van der Waals surface area contributed by atoms with E-state index in [0.717, 1.165) is 0 Å². The van der Waals surface area contributed by atoms with E-state index >= 15 is 0 Å². The van der Waals surface area contributed by atoms with Crippen LogP contribution in [0.2, 0.25) is 0 Å². The summed E-state index contributed by atoms with van der Waals surface area (Å²) in [5.41, 5.74) is 0.997. The van der Waals surface area contributed by atoms with Gasteiger partial charge in [0.25, 0.3) is 0 Å². The van der Waals surface area contributed by atoms with Gasteiger partial charge in [-0.1, -0.05) is 0 Å². The molecule has 1 amide bonds. The van der Waals surface area contributed by atoms with E-state index in [-0.39, 0.29) is 5.91 Å². The first-order valence-corrected chi connectivity index (χ1v) is 7.30. The van der Waals surface area contributed by atoms with E-state index in [1.807, 2.05) is 24.5 Å². The van der Waals surface area contributed by atoms with Gasteiger partial charge >= 0.3 is 5.97 Å². The summed E-state index contributed by atoms with van der Waals surface area (Å²) < 4.78 is 8.80. The lowest BCUT2D eigenvalue weighted by Crippen LogP contribution is -2.12. The predicted molar refractivity (Wildman–Crippen MR) is 88.2 cm³/mol. The van der Waals surface area contributed by atoms with Gasteiger partial charge in [0.2, 0.25) is 5.91 Å². The zero-order chi connectivity index (χ0) is 17.1. The number of amides is 1. The summed E-state index contributed by atoms with van der Waals surface area (Å²) in [7, 11) is 1.76. The summed E-state index contributed by atoms with van der Waals surface area (Å²) in [4.78, 5) is 23.5. The van der Waals surface area contributed by atoms with Crippen molar-refractivity contribution in [2.45, 2.75) is 6.92 Å². The number of ether oxygens (including phenoxy) is 1. The molecule has 0 unspecified atom stereocenters. The molecule has 7 heteroatoms. The molecule has 0 bridgehead atoms. The number of rotatable bonds is 4. The van der Waals surface area contributed by atoms with E-state index in [1.54, 1.807) is 40.6 Å². The third-order valence-electron chi connectivity index (χ3n) is 3.36. The first-order valence-electron chi connectivity index (χ1n) is 7.30. The molecule has 3 aromatic rings. The molecule has 0 atom stereocenters. The highest BCUT2D eigenvalue weighted by Gasteiger charge is 2.19. The Bertz CT molecular complexity index is 864. The molecule has 1 aromatic carbocycles. The SMILES string of the molecule is CC(=O)Nc1ccc(OC(=O)c2cnn(C)c2-n2cccc2)cc1. The Balaban J connectivity index is 1.80. The number of aromatic nitrogens is 3. The molecule has 24 heavy (non-hydrogen) atoms. The topological polar surface area (TPSA) is 78.2 Å². The fourth-order valence-electron chi connectivity index (χ4n) is 2.33. The molecule has 0 aliphatic carbocycles. The minimum atomic E-state index is -0.501. The predicted octanol–water partition coefficient (Wildman–Crippen LogP) is 2.39. The number of carbonyl (C=O) groups excluding carboxylic acids is 2. The number of carbonyl (C=O) groups is 2. The second-order valence-electron chi connectivity index (χ2n) is 5.19. The number of anilines is 1. The van der Waals surface area contributed by atoms with Gasteiger partial charge in [0.05, 0.1) is 6.20 Å². The fourth-order valence-corrected chi connectivity index (χ4v) is 2.33. The molecule has 3 rings (SSSR count). The molecular formula is C17H16N4O3. The average molecular weight is 324 g/mol. The summed E-state index contributed by atoms with van der Waals surface area (Å²) in [5.74, 6) is 0.349. The van der Waals surface area contributed by atoms with Crippen molar-refractivity contribution in [3.05, 3.63) is 60.6 Å². The molecular weight excluding hydrogens is 308 g/mol. The Labute approximate surface area is 138 Å². The first-order chi connectivity index (χ1) is 11.5. The second-order valence-corrected chi connectivity index (χ2v) is 5.19.